The molecule has 1 saturated carbocycles. The van der Waals surface area contributed by atoms with E-state index >= 15 is 0 Å². The Hall–Kier alpha value is -1.10. The van der Waals surface area contributed by atoms with E-state index in [2.05, 4.69) is 6.07 Å². The Morgan fingerprint density at radius 2 is 2.07 bits per heavy atom. The second-order valence-electron chi connectivity index (χ2n) is 4.10. The van der Waals surface area contributed by atoms with Crippen LogP contribution in [0, 0.1) is 16.7 Å². The fourth-order valence-electron chi connectivity index (χ4n) is 2.13. The summed E-state index contributed by atoms with van der Waals surface area (Å²) >= 11 is 0. The molecule has 1 rings (SSSR count). The number of hydrogen-bond acceptors (Lipinski definition) is 2. The van der Waals surface area contributed by atoms with Crippen LogP contribution in [0.4, 0.5) is 0 Å². The molecule has 0 unspecified atom stereocenters. The summed E-state index contributed by atoms with van der Waals surface area (Å²) in [5.41, 5.74) is -0.352. The Bertz CT molecular complexity index is 267. The van der Waals surface area contributed by atoms with Crippen molar-refractivity contribution in [2.75, 3.05) is 0 Å². The summed E-state index contributed by atoms with van der Waals surface area (Å²) in [6, 6.07) is 2.35. The van der Waals surface area contributed by atoms with Crippen LogP contribution < -0.4 is 0 Å². The predicted octanol–water partition coefficient (Wildman–Crippen LogP) is 3.00. The monoisotopic (exact) mass is 191 g/mol. The third-order valence-electron chi connectivity index (χ3n) is 2.91. The van der Waals surface area contributed by atoms with Gasteiger partial charge in [0, 0.05) is 6.42 Å². The molecule has 0 atom stereocenters. The number of hydrogen-bond donors (Lipinski definition) is 0. The van der Waals surface area contributed by atoms with E-state index in [0.717, 1.165) is 25.7 Å². The average Bonchev–Trinajstić information content (AvgIpc) is 2.19. The van der Waals surface area contributed by atoms with E-state index in [4.69, 9.17) is 5.26 Å². The number of carbonyl (C=O) groups is 1. The molecule has 1 aliphatic carbocycles. The first-order valence-corrected chi connectivity index (χ1v) is 5.29. The van der Waals surface area contributed by atoms with Gasteiger partial charge in [-0.3, -0.25) is 4.79 Å². The Kier molecular flexibility index (Phi) is 3.88. The molecular formula is C12H17NO. The molecule has 0 amide bonds. The number of rotatable bonds is 3. The van der Waals surface area contributed by atoms with Crippen molar-refractivity contribution < 1.29 is 4.79 Å². The second kappa shape index (κ2) is 4.95. The zero-order valence-electron chi connectivity index (χ0n) is 8.75. The van der Waals surface area contributed by atoms with E-state index in [1.807, 2.05) is 6.92 Å². The summed E-state index contributed by atoms with van der Waals surface area (Å²) in [6.07, 6.45) is 8.92. The average molecular weight is 191 g/mol. The molecule has 14 heavy (non-hydrogen) atoms. The lowest BCUT2D eigenvalue weighted by atomic mass is 9.72. The van der Waals surface area contributed by atoms with Gasteiger partial charge in [0.15, 0.2) is 5.78 Å². The molecule has 76 valence electrons. The third kappa shape index (κ3) is 2.70. The van der Waals surface area contributed by atoms with Gasteiger partial charge in [0.1, 0.15) is 0 Å². The molecular weight excluding hydrogens is 174 g/mol. The highest BCUT2D eigenvalue weighted by Crippen LogP contribution is 2.38. The smallest absolute Gasteiger partial charge is 0.156 e. The van der Waals surface area contributed by atoms with Gasteiger partial charge < -0.3 is 0 Å². The molecule has 2 nitrogen and oxygen atoms in total. The van der Waals surface area contributed by atoms with Crippen molar-refractivity contribution in [3.8, 4) is 6.07 Å². The van der Waals surface area contributed by atoms with E-state index in [1.165, 1.54) is 6.42 Å². The van der Waals surface area contributed by atoms with Gasteiger partial charge in [0.05, 0.1) is 11.5 Å². The first kappa shape index (κ1) is 11.0. The lowest BCUT2D eigenvalue weighted by molar-refractivity contribution is -0.116. The van der Waals surface area contributed by atoms with Crippen LogP contribution in [0.5, 0.6) is 0 Å². The summed E-state index contributed by atoms with van der Waals surface area (Å²) in [5.74, 6) is 0.0935. The summed E-state index contributed by atoms with van der Waals surface area (Å²) in [4.78, 5) is 11.4. The van der Waals surface area contributed by atoms with Crippen molar-refractivity contribution in [2.45, 2.75) is 45.4 Å². The van der Waals surface area contributed by atoms with Gasteiger partial charge in [-0.2, -0.15) is 5.26 Å². The molecule has 0 aromatic carbocycles. The van der Waals surface area contributed by atoms with Crippen LogP contribution in [0.25, 0.3) is 0 Å². The summed E-state index contributed by atoms with van der Waals surface area (Å²) < 4.78 is 0. The van der Waals surface area contributed by atoms with Crippen molar-refractivity contribution in [1.29, 1.82) is 5.26 Å². The molecule has 0 aromatic rings. The Morgan fingerprint density at radius 1 is 1.43 bits per heavy atom. The van der Waals surface area contributed by atoms with E-state index in [9.17, 15) is 4.79 Å². The quantitative estimate of drug-likeness (QED) is 0.643. The number of allylic oxidation sites excluding steroid dienone is 2. The summed E-state index contributed by atoms with van der Waals surface area (Å²) in [6.45, 7) is 1.83. The largest absolute Gasteiger partial charge is 0.295 e. The molecule has 0 saturated heterocycles. The molecule has 0 bridgehead atoms. The van der Waals surface area contributed by atoms with Gasteiger partial charge >= 0.3 is 0 Å². The molecule has 1 aliphatic rings. The minimum absolute atomic E-state index is 0.0935. The Balaban J connectivity index is 2.61. The zero-order valence-corrected chi connectivity index (χ0v) is 8.75. The molecule has 1 fully saturated rings. The van der Waals surface area contributed by atoms with Gasteiger partial charge in [0.25, 0.3) is 0 Å². The number of ketones is 1. The lowest BCUT2D eigenvalue weighted by Crippen LogP contribution is -2.24. The SMILES string of the molecule is C/C=C/C(=O)CC1(C#N)CCCCC1. The van der Waals surface area contributed by atoms with Crippen LogP contribution in [0.15, 0.2) is 12.2 Å². The van der Waals surface area contributed by atoms with Crippen LogP contribution in [-0.4, -0.2) is 5.78 Å². The van der Waals surface area contributed by atoms with Gasteiger partial charge in [-0.1, -0.05) is 25.3 Å². The molecule has 0 aliphatic heterocycles. The molecule has 0 N–H and O–H groups in total. The molecule has 0 aromatic heterocycles. The highest BCUT2D eigenvalue weighted by atomic mass is 16.1. The van der Waals surface area contributed by atoms with Crippen LogP contribution in [-0.2, 0) is 4.79 Å². The van der Waals surface area contributed by atoms with Crippen LogP contribution in [0.3, 0.4) is 0 Å². The summed E-state index contributed by atoms with van der Waals surface area (Å²) in [7, 11) is 0. The first-order chi connectivity index (χ1) is 6.72. The van der Waals surface area contributed by atoms with Crippen LogP contribution in [0.2, 0.25) is 0 Å². The van der Waals surface area contributed by atoms with Crippen molar-refractivity contribution in [3.05, 3.63) is 12.2 Å². The highest BCUT2D eigenvalue weighted by Gasteiger charge is 2.33. The van der Waals surface area contributed by atoms with E-state index in [-0.39, 0.29) is 11.2 Å². The normalized spacial score (nSPS) is 20.6. The summed E-state index contributed by atoms with van der Waals surface area (Å²) in [5, 5.41) is 9.13. The lowest BCUT2D eigenvalue weighted by Gasteiger charge is -2.29. The maximum atomic E-state index is 11.4. The molecule has 2 heteroatoms. The minimum Gasteiger partial charge on any atom is -0.295 e. The van der Waals surface area contributed by atoms with E-state index in [0.29, 0.717) is 6.42 Å². The Morgan fingerprint density at radius 3 is 2.57 bits per heavy atom. The van der Waals surface area contributed by atoms with Gasteiger partial charge in [-0.05, 0) is 25.8 Å². The van der Waals surface area contributed by atoms with Gasteiger partial charge in [0.2, 0.25) is 0 Å². The number of nitriles is 1. The molecule has 0 radical (unpaired) electrons. The molecule has 0 heterocycles. The second-order valence-corrected chi connectivity index (χ2v) is 4.10. The van der Waals surface area contributed by atoms with E-state index < -0.39 is 0 Å². The fraction of sp³-hybridized carbons (Fsp3) is 0.667. The standard InChI is InChI=1S/C12H17NO/c1-2-6-11(14)9-12(10-13)7-4-3-5-8-12/h2,6H,3-5,7-9H2,1H3/b6-2+. The third-order valence-corrected chi connectivity index (χ3v) is 2.91. The fourth-order valence-corrected chi connectivity index (χ4v) is 2.13. The maximum absolute atomic E-state index is 11.4. The van der Waals surface area contributed by atoms with Crippen LogP contribution >= 0.6 is 0 Å². The van der Waals surface area contributed by atoms with Crippen molar-refractivity contribution in [1.82, 2.24) is 0 Å². The maximum Gasteiger partial charge on any atom is 0.156 e. The Labute approximate surface area is 85.6 Å². The topological polar surface area (TPSA) is 40.9 Å². The number of carbonyl (C=O) groups excluding carboxylic acids is 1. The van der Waals surface area contributed by atoms with Gasteiger partial charge in [-0.25, -0.2) is 0 Å². The molecule has 0 spiro atoms. The number of nitrogens with zero attached hydrogens (tertiary/aromatic N) is 1. The zero-order chi connectivity index (χ0) is 10.4. The van der Waals surface area contributed by atoms with Gasteiger partial charge in [-0.15, -0.1) is 0 Å². The minimum atomic E-state index is -0.352. The highest BCUT2D eigenvalue weighted by molar-refractivity contribution is 5.90. The first-order valence-electron chi connectivity index (χ1n) is 5.29. The van der Waals surface area contributed by atoms with Crippen molar-refractivity contribution in [2.24, 2.45) is 5.41 Å². The predicted molar refractivity (Wildman–Crippen MR) is 55.6 cm³/mol. The van der Waals surface area contributed by atoms with E-state index in [1.54, 1.807) is 12.2 Å². The van der Waals surface area contributed by atoms with Crippen molar-refractivity contribution >= 4 is 5.78 Å². The van der Waals surface area contributed by atoms with Crippen LogP contribution in [0.1, 0.15) is 45.4 Å². The van der Waals surface area contributed by atoms with Crippen molar-refractivity contribution in [3.63, 3.8) is 0 Å².